The van der Waals surface area contributed by atoms with E-state index in [1.165, 1.54) is 11.3 Å². The van der Waals surface area contributed by atoms with Crippen LogP contribution in [0.5, 0.6) is 0 Å². The molecule has 6 nitrogen and oxygen atoms in total. The Morgan fingerprint density at radius 1 is 1.15 bits per heavy atom. The van der Waals surface area contributed by atoms with Crippen molar-refractivity contribution in [1.82, 2.24) is 19.5 Å². The van der Waals surface area contributed by atoms with Crippen LogP contribution in [0.3, 0.4) is 0 Å². The molecule has 2 aliphatic rings. The molecule has 2 N–H and O–H groups in total. The molecule has 128 valence electrons. The van der Waals surface area contributed by atoms with Gasteiger partial charge in [-0.1, -0.05) is 29.3 Å². The van der Waals surface area contributed by atoms with Crippen molar-refractivity contribution in [3.63, 3.8) is 0 Å². The lowest BCUT2D eigenvalue weighted by Crippen LogP contribution is -2.09. The van der Waals surface area contributed by atoms with Gasteiger partial charge in [0.15, 0.2) is 23.2 Å². The SMILES string of the molecule is N#Cc1ccc(-c2nc3c(N)ncn(Cc4c(Cl)cccc4Cl)c-3n2)s1. The molecule has 3 heterocycles. The molecule has 9 heteroatoms. The van der Waals surface area contributed by atoms with Crippen LogP contribution < -0.4 is 5.73 Å². The van der Waals surface area contributed by atoms with Gasteiger partial charge < -0.3 is 10.3 Å². The third-order valence-electron chi connectivity index (χ3n) is 3.82. The van der Waals surface area contributed by atoms with Gasteiger partial charge in [0.2, 0.25) is 0 Å². The highest BCUT2D eigenvalue weighted by atomic mass is 35.5. The number of thiophene rings is 1. The van der Waals surface area contributed by atoms with Crippen LogP contribution in [0.2, 0.25) is 10.0 Å². The molecule has 2 aliphatic heterocycles. The van der Waals surface area contributed by atoms with Crippen LogP contribution in [-0.4, -0.2) is 19.5 Å². The van der Waals surface area contributed by atoms with Crippen LogP contribution >= 0.6 is 34.5 Å². The minimum Gasteiger partial charge on any atom is -0.382 e. The second-order valence-corrected chi connectivity index (χ2v) is 7.35. The molecule has 2 aromatic rings. The van der Waals surface area contributed by atoms with Gasteiger partial charge in [0.25, 0.3) is 0 Å². The molecule has 1 aromatic carbocycles. The first-order valence-corrected chi connectivity index (χ1v) is 9.05. The fraction of sp³-hybridized carbons (Fsp3) is 0.0588. The number of rotatable bonds is 3. The predicted octanol–water partition coefficient (Wildman–Crippen LogP) is 4.32. The Hall–Kier alpha value is -2.66. The zero-order valence-corrected chi connectivity index (χ0v) is 15.5. The number of nitriles is 1. The van der Waals surface area contributed by atoms with Crippen molar-refractivity contribution in [2.75, 3.05) is 5.73 Å². The first-order valence-electron chi connectivity index (χ1n) is 7.48. The number of anilines is 1. The number of aromatic nitrogens is 4. The smallest absolute Gasteiger partial charge is 0.172 e. The minimum absolute atomic E-state index is 0.289. The van der Waals surface area contributed by atoms with E-state index in [-0.39, 0.29) is 5.82 Å². The van der Waals surface area contributed by atoms with E-state index >= 15 is 0 Å². The fourth-order valence-corrected chi connectivity index (χ4v) is 3.81. The van der Waals surface area contributed by atoms with Gasteiger partial charge in [-0.25, -0.2) is 15.0 Å². The standard InChI is InChI=1S/C17H10Cl2N6S/c18-11-2-1-3-12(19)10(11)7-25-8-22-15(21)14-17(25)24-16(23-14)13-5-4-9(6-20)26-13/h1-5,8H,7,21H2. The lowest BCUT2D eigenvalue weighted by atomic mass is 10.2. The highest BCUT2D eigenvalue weighted by Crippen LogP contribution is 2.33. The van der Waals surface area contributed by atoms with Gasteiger partial charge in [-0.3, -0.25) is 0 Å². The quantitative estimate of drug-likeness (QED) is 0.552. The van der Waals surface area contributed by atoms with E-state index in [1.807, 2.05) is 6.07 Å². The summed E-state index contributed by atoms with van der Waals surface area (Å²) in [5, 5.41) is 10.1. The summed E-state index contributed by atoms with van der Waals surface area (Å²) in [7, 11) is 0. The first kappa shape index (κ1) is 16.8. The number of halogens is 2. The molecule has 0 bridgehead atoms. The van der Waals surface area contributed by atoms with Crippen molar-refractivity contribution in [2.45, 2.75) is 6.54 Å². The topological polar surface area (TPSA) is 93.4 Å². The summed E-state index contributed by atoms with van der Waals surface area (Å²) in [6.45, 7) is 0.383. The van der Waals surface area contributed by atoms with Gasteiger partial charge in [0.05, 0.1) is 17.7 Å². The predicted molar refractivity (Wildman–Crippen MR) is 102 cm³/mol. The second kappa shape index (κ2) is 6.57. The summed E-state index contributed by atoms with van der Waals surface area (Å²) in [4.78, 5) is 14.7. The molecule has 0 amide bonds. The molecule has 0 spiro atoms. The number of fused-ring (bicyclic) bond motifs is 1. The van der Waals surface area contributed by atoms with E-state index in [1.54, 1.807) is 35.2 Å². The van der Waals surface area contributed by atoms with Crippen molar-refractivity contribution < 1.29 is 0 Å². The molecule has 0 atom stereocenters. The molecule has 0 saturated carbocycles. The van der Waals surface area contributed by atoms with Gasteiger partial charge in [0.1, 0.15) is 10.9 Å². The molecular formula is C17H10Cl2N6S. The van der Waals surface area contributed by atoms with Crippen LogP contribution in [0.25, 0.3) is 22.2 Å². The van der Waals surface area contributed by atoms with Crippen molar-refractivity contribution in [2.24, 2.45) is 0 Å². The molecule has 0 unspecified atom stereocenters. The molecule has 0 fully saturated rings. The molecule has 1 aromatic heterocycles. The van der Waals surface area contributed by atoms with Gasteiger partial charge in [0, 0.05) is 15.6 Å². The third kappa shape index (κ3) is 2.88. The van der Waals surface area contributed by atoms with Gasteiger partial charge in [-0.05, 0) is 24.3 Å². The Kier molecular flexibility index (Phi) is 4.24. The average molecular weight is 401 g/mol. The number of hydrogen-bond acceptors (Lipinski definition) is 6. The largest absolute Gasteiger partial charge is 0.382 e. The van der Waals surface area contributed by atoms with E-state index in [9.17, 15) is 0 Å². The summed E-state index contributed by atoms with van der Waals surface area (Å²) >= 11 is 13.9. The highest BCUT2D eigenvalue weighted by molar-refractivity contribution is 7.15. The van der Waals surface area contributed by atoms with Crippen molar-refractivity contribution >= 4 is 40.4 Å². The van der Waals surface area contributed by atoms with E-state index in [0.717, 1.165) is 10.4 Å². The van der Waals surface area contributed by atoms with Crippen LogP contribution in [0.15, 0.2) is 36.7 Å². The normalized spacial score (nSPS) is 11.0. The zero-order valence-electron chi connectivity index (χ0n) is 13.1. The summed E-state index contributed by atoms with van der Waals surface area (Å²) in [6.07, 6.45) is 1.59. The number of imidazole rings is 1. The summed E-state index contributed by atoms with van der Waals surface area (Å²) in [5.74, 6) is 1.37. The highest BCUT2D eigenvalue weighted by Gasteiger charge is 2.21. The van der Waals surface area contributed by atoms with E-state index < -0.39 is 0 Å². The number of nitrogen functional groups attached to an aromatic ring is 1. The molecule has 0 saturated heterocycles. The van der Waals surface area contributed by atoms with E-state index in [0.29, 0.717) is 38.8 Å². The van der Waals surface area contributed by atoms with E-state index in [4.69, 9.17) is 34.2 Å². The monoisotopic (exact) mass is 400 g/mol. The fourth-order valence-electron chi connectivity index (χ4n) is 2.55. The van der Waals surface area contributed by atoms with E-state index in [2.05, 4.69) is 21.0 Å². The Bertz CT molecular complexity index is 1110. The molecule has 0 aliphatic carbocycles. The van der Waals surface area contributed by atoms with Crippen molar-refractivity contribution in [3.8, 4) is 28.3 Å². The first-order chi connectivity index (χ1) is 12.6. The lowest BCUT2D eigenvalue weighted by molar-refractivity contribution is 0.763. The summed E-state index contributed by atoms with van der Waals surface area (Å²) < 4.78 is 1.80. The third-order valence-corrected chi connectivity index (χ3v) is 5.51. The molecule has 26 heavy (non-hydrogen) atoms. The summed E-state index contributed by atoms with van der Waals surface area (Å²) in [6, 6.07) is 11.0. The number of benzene rings is 1. The Labute approximate surface area is 162 Å². The maximum atomic E-state index is 9.00. The Morgan fingerprint density at radius 2 is 1.92 bits per heavy atom. The molecular weight excluding hydrogens is 391 g/mol. The zero-order chi connectivity index (χ0) is 18.3. The minimum atomic E-state index is 0.289. The second-order valence-electron chi connectivity index (χ2n) is 5.45. The average Bonchev–Trinajstić information content (AvgIpc) is 3.27. The van der Waals surface area contributed by atoms with Crippen molar-refractivity contribution in [1.29, 1.82) is 5.26 Å². The van der Waals surface area contributed by atoms with Gasteiger partial charge in [-0.15, -0.1) is 11.3 Å². The lowest BCUT2D eigenvalue weighted by Gasteiger charge is -2.13. The van der Waals surface area contributed by atoms with Crippen LogP contribution in [-0.2, 0) is 6.54 Å². The van der Waals surface area contributed by atoms with Crippen LogP contribution in [0, 0.1) is 11.3 Å². The molecule has 4 rings (SSSR count). The molecule has 0 radical (unpaired) electrons. The van der Waals surface area contributed by atoms with Crippen molar-refractivity contribution in [3.05, 3.63) is 57.1 Å². The maximum Gasteiger partial charge on any atom is 0.172 e. The van der Waals surface area contributed by atoms with Crippen LogP contribution in [0.4, 0.5) is 5.82 Å². The number of nitrogens with zero attached hydrogens (tertiary/aromatic N) is 5. The van der Waals surface area contributed by atoms with Gasteiger partial charge >= 0.3 is 0 Å². The van der Waals surface area contributed by atoms with Gasteiger partial charge in [-0.2, -0.15) is 5.26 Å². The van der Waals surface area contributed by atoms with Crippen LogP contribution in [0.1, 0.15) is 10.4 Å². The Morgan fingerprint density at radius 3 is 2.62 bits per heavy atom. The number of nitrogens with two attached hydrogens (primary N) is 1. The maximum absolute atomic E-state index is 9.00. The summed E-state index contributed by atoms with van der Waals surface area (Å²) in [5.41, 5.74) is 7.24. The Balaban J connectivity index is 1.82. The number of hydrogen-bond donors (Lipinski definition) is 1.